The third-order valence-electron chi connectivity index (χ3n) is 13.4. The van der Waals surface area contributed by atoms with Crippen LogP contribution < -0.4 is 19.6 Å². The summed E-state index contributed by atoms with van der Waals surface area (Å²) in [5.74, 6) is -10.3. The second-order valence-electron chi connectivity index (χ2n) is 19.3. The molecule has 7 aromatic rings. The molecule has 0 atom stereocenters. The number of H-pyrrole nitrogens is 2. The van der Waals surface area contributed by atoms with Crippen molar-refractivity contribution in [3.63, 3.8) is 0 Å². The molecule has 0 saturated carbocycles. The molecule has 0 saturated heterocycles. The molecule has 5 heterocycles. The van der Waals surface area contributed by atoms with Crippen LogP contribution in [0.3, 0.4) is 0 Å². The number of aromatic amines is 2. The van der Waals surface area contributed by atoms with Crippen LogP contribution in [0, 0.1) is 0 Å². The molecule has 4 aromatic carbocycles. The number of nitrogens with one attached hydrogen (secondary N) is 2. The summed E-state index contributed by atoms with van der Waals surface area (Å²) >= 11 is 0. The molecule has 426 valence electrons. The maximum absolute atomic E-state index is 12.1. The lowest BCUT2D eigenvalue weighted by molar-refractivity contribution is -0.138. The predicted octanol–water partition coefficient (Wildman–Crippen LogP) is 7.23. The fourth-order valence-electron chi connectivity index (χ4n) is 10.1. The number of carboxylic acid groups (broad SMARTS) is 8. The number of aliphatic carboxylic acids is 8. The van der Waals surface area contributed by atoms with Crippen molar-refractivity contribution in [2.75, 3.05) is 72.0 Å². The monoisotopic (exact) mass is 1140 g/mol. The number of anilines is 4. The van der Waals surface area contributed by atoms with Gasteiger partial charge in [0.25, 0.3) is 0 Å². The standard InChI is InChI=1S/C60H50N8O16/c69-49(70)25-65(26-50(71)72)37-9-1-5-33(21-37)57-41-13-15-43(61-41)58(34-6-2-10-38(22-34)66(27-51(73)74)28-52(75)76)45-17-19-47(63-45)60(36-8-4-12-40(24-36)68(31-55(81)82)32-56(83)84)48-20-18-46(64-48)59(44-16-14-42(57)62-44)35-7-3-11-39(23-35)67(29-53(77)78)30-54(79)80/h1-24,61,64H,25-32H2,(H,69,70)(H,71,72)(H,73,74)(H,75,76)(H,77,78)(H,79,80)(H,81,82)(H,83,84). The minimum Gasteiger partial charge on any atom is -0.480 e. The van der Waals surface area contributed by atoms with Gasteiger partial charge in [0, 0.05) is 67.1 Å². The molecule has 0 aliphatic carbocycles. The van der Waals surface area contributed by atoms with Gasteiger partial charge in [-0.1, -0.05) is 48.5 Å². The van der Waals surface area contributed by atoms with Crippen molar-refractivity contribution < 1.29 is 79.2 Å². The van der Waals surface area contributed by atoms with Gasteiger partial charge in [-0.25, -0.2) is 9.97 Å². The van der Waals surface area contributed by atoms with Crippen LogP contribution in [0.25, 0.3) is 90.9 Å². The van der Waals surface area contributed by atoms with E-state index < -0.39 is 100 Å². The van der Waals surface area contributed by atoms with E-state index in [1.54, 1.807) is 146 Å². The number of nitrogens with zero attached hydrogens (tertiary/aromatic N) is 6. The zero-order valence-corrected chi connectivity index (χ0v) is 44.0. The lowest BCUT2D eigenvalue weighted by Gasteiger charge is -2.21. The van der Waals surface area contributed by atoms with E-state index in [0.29, 0.717) is 89.4 Å². The van der Waals surface area contributed by atoms with Gasteiger partial charge in [-0.05, 0) is 119 Å². The van der Waals surface area contributed by atoms with Gasteiger partial charge in [0.1, 0.15) is 52.4 Å². The number of hydrogen-bond donors (Lipinski definition) is 10. The van der Waals surface area contributed by atoms with Crippen molar-refractivity contribution in [2.24, 2.45) is 0 Å². The van der Waals surface area contributed by atoms with Crippen molar-refractivity contribution in [3.8, 4) is 44.5 Å². The molecule has 9 rings (SSSR count). The number of fused-ring (bicyclic) bond motifs is 8. The number of rotatable bonds is 24. The Morgan fingerprint density at radius 3 is 0.667 bits per heavy atom. The largest absolute Gasteiger partial charge is 0.480 e. The molecule has 2 aliphatic rings. The molecule has 0 fully saturated rings. The van der Waals surface area contributed by atoms with Crippen LogP contribution in [0.1, 0.15) is 22.8 Å². The molecule has 0 amide bonds. The van der Waals surface area contributed by atoms with Crippen molar-refractivity contribution in [2.45, 2.75) is 0 Å². The van der Waals surface area contributed by atoms with Gasteiger partial charge in [-0.3, -0.25) is 38.4 Å². The Balaban J connectivity index is 1.43. The highest BCUT2D eigenvalue weighted by Crippen LogP contribution is 2.41. The van der Waals surface area contributed by atoms with E-state index in [2.05, 4.69) is 9.97 Å². The SMILES string of the molecule is O=C(O)CN(CC(=O)O)c1cccc(-c2c3nc(c(-c4cccc(N(CC(=O)O)CC(=O)O)c4)c4ccc([nH]4)c(-c4cccc(N(CC(=O)O)CC(=O)O)c4)c4nc(c(-c5cccc(N(CC(=O)O)CC(=O)O)c5)c5ccc2[nH]5)C=C4)C=C3)c1. The summed E-state index contributed by atoms with van der Waals surface area (Å²) in [5, 5.41) is 78.8. The van der Waals surface area contributed by atoms with Gasteiger partial charge in [0.2, 0.25) is 0 Å². The van der Waals surface area contributed by atoms with Gasteiger partial charge in [-0.2, -0.15) is 0 Å². The number of carboxylic acids is 8. The highest BCUT2D eigenvalue weighted by molar-refractivity contribution is 6.01. The number of benzene rings is 4. The van der Waals surface area contributed by atoms with Crippen LogP contribution in [0.5, 0.6) is 0 Å². The van der Waals surface area contributed by atoms with Gasteiger partial charge < -0.3 is 70.4 Å². The molecular weight excluding hydrogens is 1090 g/mol. The molecule has 0 spiro atoms. The minimum atomic E-state index is -1.29. The maximum atomic E-state index is 12.1. The fourth-order valence-corrected chi connectivity index (χ4v) is 10.1. The average molecular weight is 1140 g/mol. The zero-order chi connectivity index (χ0) is 59.9. The quantitative estimate of drug-likeness (QED) is 0.0285. The number of aromatic nitrogens is 4. The lowest BCUT2D eigenvalue weighted by Crippen LogP contribution is -2.34. The fraction of sp³-hybridized carbons (Fsp3) is 0.133. The van der Waals surface area contributed by atoms with Crippen LogP contribution in [-0.2, 0) is 38.4 Å². The summed E-state index contributed by atoms with van der Waals surface area (Å²) in [4.78, 5) is 119. The molecule has 10 N–H and O–H groups in total. The molecule has 8 bridgehead atoms. The van der Waals surface area contributed by atoms with E-state index in [4.69, 9.17) is 9.97 Å². The lowest BCUT2D eigenvalue weighted by atomic mass is 10.0. The van der Waals surface area contributed by atoms with E-state index in [0.717, 1.165) is 0 Å². The molecule has 24 nitrogen and oxygen atoms in total. The van der Waals surface area contributed by atoms with Gasteiger partial charge in [0.15, 0.2) is 0 Å². The third kappa shape index (κ3) is 13.2. The molecule has 3 aromatic heterocycles. The second kappa shape index (κ2) is 24.4. The Kier molecular flexibility index (Phi) is 16.6. The first-order chi connectivity index (χ1) is 40.2. The summed E-state index contributed by atoms with van der Waals surface area (Å²) < 4.78 is 0. The maximum Gasteiger partial charge on any atom is 0.323 e. The van der Waals surface area contributed by atoms with Crippen molar-refractivity contribution in [1.29, 1.82) is 0 Å². The van der Waals surface area contributed by atoms with Crippen LogP contribution in [0.15, 0.2) is 121 Å². The first kappa shape index (κ1) is 57.1. The van der Waals surface area contributed by atoms with Crippen molar-refractivity contribution in [1.82, 2.24) is 19.9 Å². The van der Waals surface area contributed by atoms with E-state index in [9.17, 15) is 79.2 Å². The van der Waals surface area contributed by atoms with Crippen LogP contribution in [-0.4, -0.2) is 161 Å². The van der Waals surface area contributed by atoms with Crippen LogP contribution in [0.2, 0.25) is 0 Å². The number of carbonyl (C=O) groups is 8. The Morgan fingerprint density at radius 2 is 0.488 bits per heavy atom. The molecule has 24 heteroatoms. The first-order valence-corrected chi connectivity index (χ1v) is 25.5. The molecule has 0 radical (unpaired) electrons. The summed E-state index contributed by atoms with van der Waals surface area (Å²) in [6, 6.07) is 33.1. The van der Waals surface area contributed by atoms with Gasteiger partial charge >= 0.3 is 47.8 Å². The topological polar surface area (TPSA) is 369 Å². The highest BCUT2D eigenvalue weighted by atomic mass is 16.4. The first-order valence-electron chi connectivity index (χ1n) is 25.5. The van der Waals surface area contributed by atoms with Crippen LogP contribution in [0.4, 0.5) is 22.7 Å². The Hall–Kier alpha value is -11.6. The van der Waals surface area contributed by atoms with E-state index >= 15 is 0 Å². The Morgan fingerprint density at radius 1 is 0.298 bits per heavy atom. The molecule has 84 heavy (non-hydrogen) atoms. The molecular formula is C60H50N8O16. The summed E-state index contributed by atoms with van der Waals surface area (Å²) in [6.45, 7) is -5.31. The zero-order valence-electron chi connectivity index (χ0n) is 44.0. The smallest absolute Gasteiger partial charge is 0.323 e. The molecule has 0 unspecified atom stereocenters. The van der Waals surface area contributed by atoms with E-state index in [1.165, 1.54) is 19.6 Å². The number of hydrogen-bond acceptors (Lipinski definition) is 14. The van der Waals surface area contributed by atoms with E-state index in [1.807, 2.05) is 0 Å². The summed E-state index contributed by atoms with van der Waals surface area (Å²) in [6.07, 6.45) is 6.88. The van der Waals surface area contributed by atoms with E-state index in [-0.39, 0.29) is 22.7 Å². The normalized spacial score (nSPS) is 11.4. The van der Waals surface area contributed by atoms with Gasteiger partial charge in [-0.15, -0.1) is 0 Å². The second-order valence-corrected chi connectivity index (χ2v) is 19.3. The highest BCUT2D eigenvalue weighted by Gasteiger charge is 2.24. The summed E-state index contributed by atoms with van der Waals surface area (Å²) in [5.41, 5.74) is 7.43. The van der Waals surface area contributed by atoms with Crippen molar-refractivity contribution >= 4 is 117 Å². The summed E-state index contributed by atoms with van der Waals surface area (Å²) in [7, 11) is 0. The van der Waals surface area contributed by atoms with Crippen molar-refractivity contribution in [3.05, 3.63) is 144 Å². The third-order valence-corrected chi connectivity index (χ3v) is 13.4. The van der Waals surface area contributed by atoms with Gasteiger partial charge in [0.05, 0.1) is 22.8 Å². The van der Waals surface area contributed by atoms with Crippen LogP contribution >= 0.6 is 0 Å². The predicted molar refractivity (Wildman–Crippen MR) is 311 cm³/mol. The Bertz CT molecular complexity index is 3520. The average Bonchev–Trinajstić information content (AvgIpc) is 4.04. The Labute approximate surface area is 475 Å². The minimum absolute atomic E-state index is 0.240. The molecule has 2 aliphatic heterocycles.